The highest BCUT2D eigenvalue weighted by atomic mass is 79.9. The highest BCUT2D eigenvalue weighted by Crippen LogP contribution is 2.35. The van der Waals surface area contributed by atoms with Gasteiger partial charge in [0, 0.05) is 24.5 Å². The molecule has 0 aliphatic rings. The van der Waals surface area contributed by atoms with Gasteiger partial charge in [-0.2, -0.15) is 0 Å². The van der Waals surface area contributed by atoms with Crippen LogP contribution >= 0.6 is 15.9 Å². The lowest BCUT2D eigenvalue weighted by Gasteiger charge is -2.19. The predicted molar refractivity (Wildman–Crippen MR) is 124 cm³/mol. The standard InChI is InChI=1S/C20H19BrN2O2.2C2H6/c1-24-18-5-3-15(12-19(18)25-2)17(11-14-7-9-22-10-8-14)16-4-6-20(21)23-13-16;2*1-2/h3-10,12-13,17H,11H2,1-2H3;2*1-2H3. The zero-order valence-corrected chi connectivity index (χ0v) is 19.7. The van der Waals surface area contributed by atoms with Gasteiger partial charge >= 0.3 is 0 Å². The molecule has 156 valence electrons. The number of benzene rings is 1. The largest absolute Gasteiger partial charge is 0.493 e. The minimum atomic E-state index is 0.155. The number of halogens is 1. The zero-order chi connectivity index (χ0) is 21.6. The molecule has 0 bridgehead atoms. The van der Waals surface area contributed by atoms with E-state index in [9.17, 15) is 0 Å². The van der Waals surface area contributed by atoms with Gasteiger partial charge in [-0.1, -0.05) is 39.8 Å². The Morgan fingerprint density at radius 2 is 1.45 bits per heavy atom. The van der Waals surface area contributed by atoms with Gasteiger partial charge in [-0.3, -0.25) is 4.98 Å². The molecule has 2 heterocycles. The van der Waals surface area contributed by atoms with Crippen LogP contribution < -0.4 is 9.47 Å². The molecule has 1 unspecified atom stereocenters. The number of rotatable bonds is 6. The lowest BCUT2D eigenvalue weighted by Crippen LogP contribution is -2.06. The second-order valence-electron chi connectivity index (χ2n) is 5.64. The minimum absolute atomic E-state index is 0.155. The SMILES string of the molecule is CC.CC.COc1ccc(C(Cc2ccncc2)c2ccc(Br)nc2)cc1OC. The summed E-state index contributed by atoms with van der Waals surface area (Å²) in [7, 11) is 3.30. The van der Waals surface area contributed by atoms with Crippen molar-refractivity contribution in [3.05, 3.63) is 82.3 Å². The Kier molecular flexibility index (Phi) is 11.7. The van der Waals surface area contributed by atoms with Crippen molar-refractivity contribution in [1.82, 2.24) is 9.97 Å². The van der Waals surface area contributed by atoms with Crippen LogP contribution in [0.5, 0.6) is 11.5 Å². The van der Waals surface area contributed by atoms with E-state index in [2.05, 4.69) is 38.0 Å². The van der Waals surface area contributed by atoms with Crippen molar-refractivity contribution in [2.24, 2.45) is 0 Å². The highest BCUT2D eigenvalue weighted by molar-refractivity contribution is 9.10. The van der Waals surface area contributed by atoms with E-state index in [0.29, 0.717) is 0 Å². The Labute approximate surface area is 183 Å². The van der Waals surface area contributed by atoms with Crippen molar-refractivity contribution in [3.8, 4) is 11.5 Å². The van der Waals surface area contributed by atoms with Gasteiger partial charge in [0.25, 0.3) is 0 Å². The molecule has 2 aromatic heterocycles. The molecule has 5 heteroatoms. The van der Waals surface area contributed by atoms with E-state index in [0.717, 1.165) is 33.6 Å². The maximum Gasteiger partial charge on any atom is 0.161 e. The fourth-order valence-electron chi connectivity index (χ4n) is 2.85. The van der Waals surface area contributed by atoms with E-state index < -0.39 is 0 Å². The van der Waals surface area contributed by atoms with Gasteiger partial charge in [-0.05, 0) is 69.4 Å². The van der Waals surface area contributed by atoms with Crippen LogP contribution in [-0.2, 0) is 6.42 Å². The van der Waals surface area contributed by atoms with E-state index >= 15 is 0 Å². The molecule has 0 saturated carbocycles. The van der Waals surface area contributed by atoms with Crippen LogP contribution in [0.15, 0.2) is 65.7 Å². The first-order chi connectivity index (χ1) is 14.2. The number of nitrogens with zero attached hydrogens (tertiary/aromatic N) is 2. The third-order valence-corrected chi connectivity index (χ3v) is 4.62. The lowest BCUT2D eigenvalue weighted by molar-refractivity contribution is 0.354. The van der Waals surface area contributed by atoms with Crippen molar-refractivity contribution in [1.29, 1.82) is 0 Å². The van der Waals surface area contributed by atoms with Gasteiger partial charge in [-0.15, -0.1) is 0 Å². The Hall–Kier alpha value is -2.40. The van der Waals surface area contributed by atoms with Crippen LogP contribution in [0.2, 0.25) is 0 Å². The second kappa shape index (κ2) is 13.7. The first-order valence-corrected chi connectivity index (χ1v) is 10.7. The van der Waals surface area contributed by atoms with Crippen LogP contribution in [0.3, 0.4) is 0 Å². The van der Waals surface area contributed by atoms with Gasteiger partial charge < -0.3 is 9.47 Å². The third-order valence-electron chi connectivity index (χ3n) is 4.15. The Bertz CT molecular complexity index is 824. The van der Waals surface area contributed by atoms with Crippen LogP contribution in [-0.4, -0.2) is 24.2 Å². The predicted octanol–water partition coefficient (Wildman–Crippen LogP) is 6.68. The van der Waals surface area contributed by atoms with E-state index in [1.54, 1.807) is 14.2 Å². The summed E-state index contributed by atoms with van der Waals surface area (Å²) in [4.78, 5) is 8.50. The maximum absolute atomic E-state index is 5.47. The summed E-state index contributed by atoms with van der Waals surface area (Å²) in [6.45, 7) is 8.00. The molecule has 0 saturated heterocycles. The fraction of sp³-hybridized carbons (Fsp3) is 0.333. The number of ether oxygens (including phenoxy) is 2. The quantitative estimate of drug-likeness (QED) is 0.386. The van der Waals surface area contributed by atoms with Crippen LogP contribution in [0.4, 0.5) is 0 Å². The van der Waals surface area contributed by atoms with Crippen molar-refractivity contribution < 1.29 is 9.47 Å². The van der Waals surface area contributed by atoms with Crippen molar-refractivity contribution in [2.75, 3.05) is 14.2 Å². The summed E-state index contributed by atoms with van der Waals surface area (Å²) in [6.07, 6.45) is 6.40. The first-order valence-electron chi connectivity index (χ1n) is 9.93. The van der Waals surface area contributed by atoms with Crippen LogP contribution in [0.25, 0.3) is 0 Å². The average molecular weight is 459 g/mol. The van der Waals surface area contributed by atoms with Gasteiger partial charge in [0.05, 0.1) is 14.2 Å². The normalized spacial score (nSPS) is 10.6. The summed E-state index contributed by atoms with van der Waals surface area (Å²) < 4.78 is 11.7. The Balaban J connectivity index is 0.000000989. The molecule has 0 amide bonds. The topological polar surface area (TPSA) is 44.2 Å². The summed E-state index contributed by atoms with van der Waals surface area (Å²) in [5.41, 5.74) is 3.52. The maximum atomic E-state index is 5.47. The van der Waals surface area contributed by atoms with Gasteiger partial charge in [0.2, 0.25) is 0 Å². The van der Waals surface area contributed by atoms with Gasteiger partial charge in [-0.25, -0.2) is 4.98 Å². The summed E-state index contributed by atoms with van der Waals surface area (Å²) >= 11 is 3.40. The van der Waals surface area contributed by atoms with Gasteiger partial charge in [0.15, 0.2) is 11.5 Å². The molecule has 29 heavy (non-hydrogen) atoms. The zero-order valence-electron chi connectivity index (χ0n) is 18.1. The molecule has 3 rings (SSSR count). The molecule has 1 atom stereocenters. The molecular formula is C24H31BrN2O2. The van der Waals surface area contributed by atoms with Crippen LogP contribution in [0, 0.1) is 0 Å². The van der Waals surface area contributed by atoms with Crippen molar-refractivity contribution in [3.63, 3.8) is 0 Å². The highest BCUT2D eigenvalue weighted by Gasteiger charge is 2.18. The smallest absolute Gasteiger partial charge is 0.161 e. The lowest BCUT2D eigenvalue weighted by atomic mass is 9.87. The number of pyridine rings is 2. The third kappa shape index (κ3) is 7.17. The number of methoxy groups -OCH3 is 2. The summed E-state index contributed by atoms with van der Waals surface area (Å²) in [6, 6.07) is 14.2. The molecule has 1 aromatic carbocycles. The van der Waals surface area contributed by atoms with Crippen molar-refractivity contribution in [2.45, 2.75) is 40.0 Å². The Morgan fingerprint density at radius 3 is 2.00 bits per heavy atom. The van der Waals surface area contributed by atoms with E-state index in [1.165, 1.54) is 5.56 Å². The Morgan fingerprint density at radius 1 is 0.828 bits per heavy atom. The number of hydrogen-bond acceptors (Lipinski definition) is 4. The summed E-state index contributed by atoms with van der Waals surface area (Å²) in [5.74, 6) is 1.61. The number of hydrogen-bond donors (Lipinski definition) is 0. The molecule has 4 nitrogen and oxygen atoms in total. The number of aromatic nitrogens is 2. The molecule has 0 spiro atoms. The molecule has 3 aromatic rings. The second-order valence-corrected chi connectivity index (χ2v) is 6.45. The van der Waals surface area contributed by atoms with Crippen molar-refractivity contribution >= 4 is 15.9 Å². The van der Waals surface area contributed by atoms with E-state index in [-0.39, 0.29) is 5.92 Å². The molecule has 0 radical (unpaired) electrons. The molecule has 0 aliphatic heterocycles. The molecule has 0 N–H and O–H groups in total. The minimum Gasteiger partial charge on any atom is -0.493 e. The first kappa shape index (κ1) is 24.6. The molecule has 0 fully saturated rings. The average Bonchev–Trinajstić information content (AvgIpc) is 2.81. The summed E-state index contributed by atoms with van der Waals surface area (Å²) in [5, 5.41) is 0. The fourth-order valence-corrected chi connectivity index (χ4v) is 3.08. The van der Waals surface area contributed by atoms with Crippen LogP contribution in [0.1, 0.15) is 50.3 Å². The molecular weight excluding hydrogens is 428 g/mol. The van der Waals surface area contributed by atoms with Gasteiger partial charge in [0.1, 0.15) is 4.60 Å². The van der Waals surface area contributed by atoms with E-state index in [4.69, 9.17) is 9.47 Å². The monoisotopic (exact) mass is 458 g/mol. The molecule has 0 aliphatic carbocycles. The van der Waals surface area contributed by atoms with E-state index in [1.807, 2.05) is 76.6 Å².